The fraction of sp³-hybridized carbons (Fsp3) is 0.0625. The van der Waals surface area contributed by atoms with Crippen LogP contribution in [-0.4, -0.2) is 17.0 Å². The Labute approximate surface area is 121 Å². The molecule has 0 atom stereocenters. The van der Waals surface area contributed by atoms with Crippen molar-refractivity contribution in [3.8, 4) is 28.8 Å². The first kappa shape index (κ1) is 12.9. The number of hydrogen-bond acceptors (Lipinski definition) is 5. The van der Waals surface area contributed by atoms with Crippen molar-refractivity contribution < 1.29 is 4.42 Å². The van der Waals surface area contributed by atoms with Crippen LogP contribution in [0.25, 0.3) is 22.7 Å². The molecule has 2 heterocycles. The lowest BCUT2D eigenvalue weighted by Gasteiger charge is -2.09. The van der Waals surface area contributed by atoms with Gasteiger partial charge in [-0.15, -0.1) is 0 Å². The van der Waals surface area contributed by atoms with Crippen LogP contribution in [0.1, 0.15) is 5.56 Å². The van der Waals surface area contributed by atoms with E-state index in [2.05, 4.69) is 21.4 Å². The van der Waals surface area contributed by atoms with Gasteiger partial charge in [-0.25, -0.2) is 9.97 Å². The van der Waals surface area contributed by atoms with Crippen molar-refractivity contribution in [2.45, 2.75) is 0 Å². The predicted octanol–water partition coefficient (Wildman–Crippen LogP) is 3.32. The second-order valence-corrected chi connectivity index (χ2v) is 4.32. The van der Waals surface area contributed by atoms with Gasteiger partial charge in [-0.1, -0.05) is 30.3 Å². The lowest BCUT2D eigenvalue weighted by molar-refractivity contribution is 0.579. The average molecular weight is 276 g/mol. The number of nitriles is 1. The van der Waals surface area contributed by atoms with E-state index in [0.717, 1.165) is 5.56 Å². The molecule has 102 valence electrons. The molecule has 0 aliphatic carbocycles. The van der Waals surface area contributed by atoms with Gasteiger partial charge in [-0.3, -0.25) is 0 Å². The first-order chi connectivity index (χ1) is 10.3. The standard InChI is InChI=1S/C16H12N4O/c1-18-16-19-14(11-6-3-2-4-7-11)12(10-17)15(20-16)13-8-5-9-21-13/h2-9H,1H3,(H,18,19,20). The van der Waals surface area contributed by atoms with Crippen LogP contribution in [0.4, 0.5) is 5.95 Å². The maximum Gasteiger partial charge on any atom is 0.223 e. The first-order valence-corrected chi connectivity index (χ1v) is 6.42. The maximum atomic E-state index is 9.53. The summed E-state index contributed by atoms with van der Waals surface area (Å²) in [5.74, 6) is 0.988. The summed E-state index contributed by atoms with van der Waals surface area (Å²) in [6, 6.07) is 15.3. The van der Waals surface area contributed by atoms with Crippen LogP contribution in [0.15, 0.2) is 53.1 Å². The summed E-state index contributed by atoms with van der Waals surface area (Å²) in [5, 5.41) is 12.4. The van der Waals surface area contributed by atoms with Gasteiger partial charge < -0.3 is 9.73 Å². The van der Waals surface area contributed by atoms with Crippen LogP contribution in [0.5, 0.6) is 0 Å². The normalized spacial score (nSPS) is 10.1. The smallest absolute Gasteiger partial charge is 0.223 e. The number of anilines is 1. The van der Waals surface area contributed by atoms with Gasteiger partial charge in [0.25, 0.3) is 0 Å². The van der Waals surface area contributed by atoms with Crippen molar-refractivity contribution in [1.29, 1.82) is 5.26 Å². The molecule has 0 spiro atoms. The van der Waals surface area contributed by atoms with E-state index < -0.39 is 0 Å². The Morgan fingerprint density at radius 1 is 1.05 bits per heavy atom. The van der Waals surface area contributed by atoms with E-state index >= 15 is 0 Å². The summed E-state index contributed by atoms with van der Waals surface area (Å²) in [6.45, 7) is 0. The Bertz CT molecular complexity index is 789. The molecule has 3 aromatic rings. The Balaban J connectivity index is 2.30. The van der Waals surface area contributed by atoms with Crippen molar-refractivity contribution in [3.63, 3.8) is 0 Å². The van der Waals surface area contributed by atoms with Crippen LogP contribution in [0.2, 0.25) is 0 Å². The second-order valence-electron chi connectivity index (χ2n) is 4.32. The van der Waals surface area contributed by atoms with Crippen LogP contribution < -0.4 is 5.32 Å². The molecule has 0 fully saturated rings. The lowest BCUT2D eigenvalue weighted by atomic mass is 10.0. The number of hydrogen-bond donors (Lipinski definition) is 1. The number of nitrogens with zero attached hydrogens (tertiary/aromatic N) is 3. The molecule has 0 unspecified atom stereocenters. The quantitative estimate of drug-likeness (QED) is 0.794. The van der Waals surface area contributed by atoms with Crippen LogP contribution in [0, 0.1) is 11.3 Å². The van der Waals surface area contributed by atoms with Gasteiger partial charge in [0, 0.05) is 12.6 Å². The van der Waals surface area contributed by atoms with Crippen LogP contribution in [-0.2, 0) is 0 Å². The summed E-state index contributed by atoms with van der Waals surface area (Å²) in [6.07, 6.45) is 1.56. The molecule has 5 nitrogen and oxygen atoms in total. The Kier molecular flexibility index (Phi) is 3.36. The van der Waals surface area contributed by atoms with E-state index in [0.29, 0.717) is 28.7 Å². The Morgan fingerprint density at radius 3 is 2.43 bits per heavy atom. The average Bonchev–Trinajstić information content (AvgIpc) is 3.08. The fourth-order valence-electron chi connectivity index (χ4n) is 2.07. The van der Waals surface area contributed by atoms with Gasteiger partial charge in [0.05, 0.1) is 12.0 Å². The molecular formula is C16H12N4O. The van der Waals surface area contributed by atoms with E-state index in [1.165, 1.54) is 0 Å². The molecule has 0 aliphatic heterocycles. The summed E-state index contributed by atoms with van der Waals surface area (Å²) in [7, 11) is 1.74. The minimum atomic E-state index is 0.398. The zero-order chi connectivity index (χ0) is 14.7. The first-order valence-electron chi connectivity index (χ1n) is 6.42. The molecular weight excluding hydrogens is 264 g/mol. The highest BCUT2D eigenvalue weighted by molar-refractivity contribution is 5.76. The zero-order valence-corrected chi connectivity index (χ0v) is 11.4. The van der Waals surface area contributed by atoms with Crippen molar-refractivity contribution in [2.75, 3.05) is 12.4 Å². The Morgan fingerprint density at radius 2 is 1.81 bits per heavy atom. The summed E-state index contributed by atoms with van der Waals surface area (Å²) in [5.41, 5.74) is 2.33. The van der Waals surface area contributed by atoms with E-state index in [1.54, 1.807) is 25.4 Å². The van der Waals surface area contributed by atoms with Gasteiger partial charge in [0.2, 0.25) is 5.95 Å². The van der Waals surface area contributed by atoms with Gasteiger partial charge in [0.15, 0.2) is 5.76 Å². The van der Waals surface area contributed by atoms with Gasteiger partial charge in [-0.05, 0) is 12.1 Å². The lowest BCUT2D eigenvalue weighted by Crippen LogP contribution is -2.03. The van der Waals surface area contributed by atoms with E-state index in [-0.39, 0.29) is 0 Å². The Hall–Kier alpha value is -3.13. The molecule has 0 aliphatic rings. The molecule has 1 aromatic carbocycles. The summed E-state index contributed by atoms with van der Waals surface area (Å²) < 4.78 is 5.38. The largest absolute Gasteiger partial charge is 0.463 e. The number of benzene rings is 1. The number of aromatic nitrogens is 2. The van der Waals surface area contributed by atoms with Crippen LogP contribution >= 0.6 is 0 Å². The van der Waals surface area contributed by atoms with E-state index in [9.17, 15) is 5.26 Å². The highest BCUT2D eigenvalue weighted by Crippen LogP contribution is 2.30. The third kappa shape index (κ3) is 2.35. The van der Waals surface area contributed by atoms with Gasteiger partial charge in [-0.2, -0.15) is 5.26 Å². The monoisotopic (exact) mass is 276 g/mol. The van der Waals surface area contributed by atoms with Crippen LogP contribution in [0.3, 0.4) is 0 Å². The highest BCUT2D eigenvalue weighted by atomic mass is 16.3. The SMILES string of the molecule is CNc1nc(-c2ccccc2)c(C#N)c(-c2ccco2)n1. The van der Waals surface area contributed by atoms with E-state index in [4.69, 9.17) is 4.42 Å². The molecule has 0 saturated carbocycles. The third-order valence-electron chi connectivity index (χ3n) is 3.05. The molecule has 0 bridgehead atoms. The number of nitrogens with one attached hydrogen (secondary N) is 1. The molecule has 21 heavy (non-hydrogen) atoms. The summed E-state index contributed by atoms with van der Waals surface area (Å²) in [4.78, 5) is 8.77. The zero-order valence-electron chi connectivity index (χ0n) is 11.4. The molecule has 0 radical (unpaired) electrons. The molecule has 5 heteroatoms. The minimum absolute atomic E-state index is 0.398. The molecule has 3 rings (SSSR count). The van der Waals surface area contributed by atoms with Crippen molar-refractivity contribution in [1.82, 2.24) is 9.97 Å². The maximum absolute atomic E-state index is 9.53. The number of rotatable bonds is 3. The van der Waals surface area contributed by atoms with E-state index in [1.807, 2.05) is 30.3 Å². The second kappa shape index (κ2) is 5.47. The van der Waals surface area contributed by atoms with Gasteiger partial charge >= 0.3 is 0 Å². The third-order valence-corrected chi connectivity index (χ3v) is 3.05. The predicted molar refractivity (Wildman–Crippen MR) is 79.4 cm³/mol. The minimum Gasteiger partial charge on any atom is -0.463 e. The summed E-state index contributed by atoms with van der Waals surface area (Å²) >= 11 is 0. The number of furan rings is 1. The van der Waals surface area contributed by atoms with Crippen molar-refractivity contribution >= 4 is 5.95 Å². The topological polar surface area (TPSA) is 74.7 Å². The van der Waals surface area contributed by atoms with Gasteiger partial charge in [0.1, 0.15) is 17.3 Å². The van der Waals surface area contributed by atoms with Crippen molar-refractivity contribution in [3.05, 3.63) is 54.3 Å². The fourth-order valence-corrected chi connectivity index (χ4v) is 2.07. The molecule has 0 saturated heterocycles. The molecule has 1 N–H and O–H groups in total. The molecule has 2 aromatic heterocycles. The molecule has 0 amide bonds. The van der Waals surface area contributed by atoms with Crippen molar-refractivity contribution in [2.24, 2.45) is 0 Å². The highest BCUT2D eigenvalue weighted by Gasteiger charge is 2.18.